The highest BCUT2D eigenvalue weighted by atomic mass is 16.5. The van der Waals surface area contributed by atoms with Crippen molar-refractivity contribution in [3.8, 4) is 0 Å². The van der Waals surface area contributed by atoms with Crippen molar-refractivity contribution in [3.63, 3.8) is 0 Å². The minimum absolute atomic E-state index is 0.222. The second kappa shape index (κ2) is 29.7. The zero-order valence-corrected chi connectivity index (χ0v) is 25.5. The smallest absolute Gasteiger partial charge is 0.306 e. The number of unbranched alkanes of at least 4 members (excludes halogenated alkanes) is 19. The lowest BCUT2D eigenvalue weighted by atomic mass is 9.94. The first-order chi connectivity index (χ1) is 18.2. The molecule has 0 aromatic carbocycles. The second-order valence-corrected chi connectivity index (χ2v) is 11.6. The predicted molar refractivity (Wildman–Crippen MR) is 161 cm³/mol. The summed E-state index contributed by atoms with van der Waals surface area (Å²) in [6.45, 7) is 6.90. The molecule has 0 aliphatic heterocycles. The fraction of sp³-hybridized carbons (Fsp3) is 0.941. The van der Waals surface area contributed by atoms with Crippen molar-refractivity contribution < 1.29 is 14.3 Å². The Bertz CT molecular complexity index is 476. The first-order valence-electron chi connectivity index (χ1n) is 16.7. The van der Waals surface area contributed by atoms with Crippen LogP contribution in [0.3, 0.4) is 0 Å². The van der Waals surface area contributed by atoms with Crippen LogP contribution >= 0.6 is 0 Å². The fourth-order valence-electron chi connectivity index (χ4n) is 5.43. The third kappa shape index (κ3) is 26.5. The van der Waals surface area contributed by atoms with Gasteiger partial charge in [0.25, 0.3) is 0 Å². The Balaban J connectivity index is 3.48. The molecular weight excluding hydrogens is 456 g/mol. The van der Waals surface area contributed by atoms with E-state index in [1.165, 1.54) is 135 Å². The van der Waals surface area contributed by atoms with Crippen molar-refractivity contribution in [2.75, 3.05) is 0 Å². The van der Waals surface area contributed by atoms with Crippen LogP contribution in [0.1, 0.15) is 194 Å². The Morgan fingerprint density at radius 2 is 0.973 bits per heavy atom. The van der Waals surface area contributed by atoms with Gasteiger partial charge in [-0.2, -0.15) is 0 Å². The topological polar surface area (TPSA) is 43.4 Å². The first kappa shape index (κ1) is 36.1. The number of carbonyl (C=O) groups is 1. The van der Waals surface area contributed by atoms with E-state index in [-0.39, 0.29) is 5.97 Å². The molecule has 0 amide bonds. The molecular formula is C34H65O3. The first-order valence-corrected chi connectivity index (χ1v) is 16.7. The number of rotatable bonds is 30. The van der Waals surface area contributed by atoms with E-state index in [2.05, 4.69) is 20.8 Å². The van der Waals surface area contributed by atoms with Crippen LogP contribution in [0.15, 0.2) is 0 Å². The van der Waals surface area contributed by atoms with Crippen LogP contribution in [-0.2, 0) is 14.3 Å². The average Bonchev–Trinajstić information content (AvgIpc) is 2.90. The van der Waals surface area contributed by atoms with Gasteiger partial charge in [-0.25, -0.2) is 0 Å². The lowest BCUT2D eigenvalue weighted by molar-refractivity contribution is -0.146. The number of hydrogen-bond donors (Lipinski definition) is 0. The molecule has 0 rings (SSSR count). The highest BCUT2D eigenvalue weighted by molar-refractivity contribution is 5.72. The summed E-state index contributed by atoms with van der Waals surface area (Å²) in [5.41, 5.74) is 0. The molecule has 37 heavy (non-hydrogen) atoms. The Morgan fingerprint density at radius 1 is 0.541 bits per heavy atom. The zero-order valence-electron chi connectivity index (χ0n) is 25.5. The third-order valence-corrected chi connectivity index (χ3v) is 7.99. The van der Waals surface area contributed by atoms with E-state index >= 15 is 0 Å². The normalized spacial score (nSPS) is 12.9. The summed E-state index contributed by atoms with van der Waals surface area (Å²) in [6, 6.07) is 0. The summed E-state index contributed by atoms with van der Waals surface area (Å²) in [4.78, 5) is 23.3. The van der Waals surface area contributed by atoms with Crippen molar-refractivity contribution in [3.05, 3.63) is 0 Å². The van der Waals surface area contributed by atoms with Gasteiger partial charge in [0.2, 0.25) is 6.29 Å². The maximum atomic E-state index is 12.1. The van der Waals surface area contributed by atoms with Gasteiger partial charge in [-0.15, -0.1) is 0 Å². The summed E-state index contributed by atoms with van der Waals surface area (Å²) in [7, 11) is 0. The summed E-state index contributed by atoms with van der Waals surface area (Å²) in [5, 5.41) is 0. The van der Waals surface area contributed by atoms with Crippen LogP contribution < -0.4 is 0 Å². The Morgan fingerprint density at radius 3 is 1.41 bits per heavy atom. The largest absolute Gasteiger partial charge is 0.454 e. The molecule has 3 heteroatoms. The van der Waals surface area contributed by atoms with E-state index < -0.39 is 6.10 Å². The highest BCUT2D eigenvalue weighted by Crippen LogP contribution is 2.20. The van der Waals surface area contributed by atoms with E-state index in [0.717, 1.165) is 31.6 Å². The standard InChI is InChI=1S/C34H65O3/c1-4-7-8-9-10-11-12-13-16-19-22-25-29-33(31-35)37-34(36)30-26-23-20-17-14-15-18-21-24-28-32(6-3)27-5-2/h32-33H,4-30H2,1-3H3. The molecule has 3 nitrogen and oxygen atoms in total. The molecule has 219 valence electrons. The van der Waals surface area contributed by atoms with Gasteiger partial charge in [-0.1, -0.05) is 168 Å². The minimum atomic E-state index is -0.662. The predicted octanol–water partition coefficient (Wildman–Crippen LogP) is 11.2. The highest BCUT2D eigenvalue weighted by Gasteiger charge is 2.14. The van der Waals surface area contributed by atoms with Gasteiger partial charge < -0.3 is 4.74 Å². The van der Waals surface area contributed by atoms with Crippen LogP contribution in [0.25, 0.3) is 0 Å². The monoisotopic (exact) mass is 521 g/mol. The minimum Gasteiger partial charge on any atom is -0.454 e. The Kier molecular flexibility index (Phi) is 29.0. The van der Waals surface area contributed by atoms with Gasteiger partial charge in [-0.3, -0.25) is 9.59 Å². The van der Waals surface area contributed by atoms with E-state index in [9.17, 15) is 9.59 Å². The number of hydrogen-bond acceptors (Lipinski definition) is 3. The molecule has 0 aromatic rings. The molecule has 1 radical (unpaired) electrons. The van der Waals surface area contributed by atoms with E-state index in [1.54, 1.807) is 0 Å². The number of esters is 1. The van der Waals surface area contributed by atoms with Crippen molar-refractivity contribution in [1.82, 2.24) is 0 Å². The van der Waals surface area contributed by atoms with Crippen LogP contribution in [0.2, 0.25) is 0 Å². The molecule has 0 fully saturated rings. The van der Waals surface area contributed by atoms with Crippen molar-refractivity contribution >= 4 is 12.3 Å². The van der Waals surface area contributed by atoms with Gasteiger partial charge in [0.05, 0.1) is 0 Å². The maximum absolute atomic E-state index is 12.1. The average molecular weight is 522 g/mol. The van der Waals surface area contributed by atoms with Crippen LogP contribution in [0.5, 0.6) is 0 Å². The molecule has 0 saturated carbocycles. The lowest BCUT2D eigenvalue weighted by Crippen LogP contribution is -2.19. The summed E-state index contributed by atoms with van der Waals surface area (Å²) >= 11 is 0. The molecule has 0 aliphatic rings. The summed E-state index contributed by atoms with van der Waals surface area (Å²) < 4.78 is 5.36. The maximum Gasteiger partial charge on any atom is 0.306 e. The van der Waals surface area contributed by atoms with E-state index in [1.807, 2.05) is 6.29 Å². The molecule has 0 aromatic heterocycles. The van der Waals surface area contributed by atoms with Crippen molar-refractivity contribution in [2.24, 2.45) is 5.92 Å². The molecule has 0 bridgehead atoms. The van der Waals surface area contributed by atoms with Crippen LogP contribution in [-0.4, -0.2) is 18.4 Å². The quantitative estimate of drug-likeness (QED) is 0.0697. The summed E-state index contributed by atoms with van der Waals surface area (Å²) in [6.07, 6.45) is 34.6. The molecule has 0 heterocycles. The molecule has 0 aliphatic carbocycles. The SMILES string of the molecule is CCCCCCCCCCCCCCC([C]=O)OC(=O)CCCCCCCCCCCC(CC)CCC. The van der Waals surface area contributed by atoms with Crippen molar-refractivity contribution in [1.29, 1.82) is 0 Å². The third-order valence-electron chi connectivity index (χ3n) is 7.99. The molecule has 2 atom stereocenters. The lowest BCUT2D eigenvalue weighted by Gasteiger charge is -2.13. The molecule has 0 saturated heterocycles. The van der Waals surface area contributed by atoms with Crippen LogP contribution in [0, 0.1) is 5.92 Å². The number of carbonyl (C=O) groups excluding carboxylic acids is 2. The van der Waals surface area contributed by atoms with E-state index in [4.69, 9.17) is 4.74 Å². The van der Waals surface area contributed by atoms with Gasteiger partial charge in [0.15, 0.2) is 6.10 Å². The van der Waals surface area contributed by atoms with Crippen molar-refractivity contribution in [2.45, 2.75) is 200 Å². The zero-order chi connectivity index (χ0) is 27.2. The fourth-order valence-corrected chi connectivity index (χ4v) is 5.43. The number of ether oxygens (including phenoxy) is 1. The van der Waals surface area contributed by atoms with Gasteiger partial charge >= 0.3 is 5.97 Å². The molecule has 2 unspecified atom stereocenters. The van der Waals surface area contributed by atoms with Crippen LogP contribution in [0.4, 0.5) is 0 Å². The van der Waals surface area contributed by atoms with Gasteiger partial charge in [0, 0.05) is 6.42 Å². The van der Waals surface area contributed by atoms with E-state index in [0.29, 0.717) is 12.8 Å². The Labute approximate surface area is 232 Å². The molecule has 0 N–H and O–H groups in total. The second-order valence-electron chi connectivity index (χ2n) is 11.6. The van der Waals surface area contributed by atoms with Gasteiger partial charge in [0.1, 0.15) is 0 Å². The van der Waals surface area contributed by atoms with Gasteiger partial charge in [-0.05, 0) is 25.2 Å². The summed E-state index contributed by atoms with van der Waals surface area (Å²) in [5.74, 6) is 0.728. The molecule has 0 spiro atoms. The Hall–Kier alpha value is -0.860.